The second-order valence-electron chi connectivity index (χ2n) is 7.40. The highest BCUT2D eigenvalue weighted by Crippen LogP contribution is 2.15. The molecule has 3 rings (SSSR count). The monoisotopic (exact) mass is 346 g/mol. The molecule has 0 bridgehead atoms. The fourth-order valence-corrected chi connectivity index (χ4v) is 3.79. The van der Waals surface area contributed by atoms with Gasteiger partial charge in [0.15, 0.2) is 0 Å². The minimum Gasteiger partial charge on any atom is -0.390 e. The van der Waals surface area contributed by atoms with E-state index in [4.69, 9.17) is 9.72 Å². The number of aliphatic hydroxyl groups is 1. The van der Waals surface area contributed by atoms with Gasteiger partial charge in [-0.2, -0.15) is 0 Å². The van der Waals surface area contributed by atoms with Crippen LogP contribution in [-0.2, 0) is 18.3 Å². The van der Waals surface area contributed by atoms with Crippen molar-refractivity contribution in [2.24, 2.45) is 7.05 Å². The van der Waals surface area contributed by atoms with Gasteiger partial charge >= 0.3 is 0 Å². The van der Waals surface area contributed by atoms with Crippen molar-refractivity contribution in [1.82, 2.24) is 19.4 Å². The van der Waals surface area contributed by atoms with E-state index in [1.807, 2.05) is 32.3 Å². The molecule has 6 heteroatoms. The van der Waals surface area contributed by atoms with Crippen molar-refractivity contribution in [3.05, 3.63) is 30.1 Å². The lowest BCUT2D eigenvalue weighted by Gasteiger charge is -2.36. The van der Waals surface area contributed by atoms with Crippen molar-refractivity contribution in [2.45, 2.75) is 38.7 Å². The average molecular weight is 346 g/mol. The highest BCUT2D eigenvalue weighted by atomic mass is 16.5. The van der Waals surface area contributed by atoms with Crippen molar-refractivity contribution in [1.29, 1.82) is 0 Å². The van der Waals surface area contributed by atoms with E-state index < -0.39 is 0 Å². The number of nitrogens with zero attached hydrogens (tertiary/aromatic N) is 4. The maximum Gasteiger partial charge on any atom is 0.123 e. The first-order valence-corrected chi connectivity index (χ1v) is 9.07. The number of fused-ring (bicyclic) bond motifs is 1. The maximum absolute atomic E-state index is 10.5. The number of morpholine rings is 1. The van der Waals surface area contributed by atoms with Gasteiger partial charge in [0.05, 0.1) is 35.9 Å². The van der Waals surface area contributed by atoms with Crippen LogP contribution in [0.15, 0.2) is 24.3 Å². The molecule has 3 unspecified atom stereocenters. The number of β-amino-alcohol motifs (C(OH)–C–C–N with tert-alkyl or cyclic N) is 1. The van der Waals surface area contributed by atoms with Gasteiger partial charge in [-0.1, -0.05) is 12.1 Å². The van der Waals surface area contributed by atoms with Crippen molar-refractivity contribution >= 4 is 11.0 Å². The molecule has 25 heavy (non-hydrogen) atoms. The topological polar surface area (TPSA) is 53.8 Å². The number of aliphatic hydroxyl groups excluding tert-OH is 1. The largest absolute Gasteiger partial charge is 0.390 e. The molecule has 1 aliphatic rings. The average Bonchev–Trinajstić information content (AvgIpc) is 2.82. The fraction of sp³-hybridized carbons (Fsp3) is 0.632. The summed E-state index contributed by atoms with van der Waals surface area (Å²) in [6.45, 7) is 7.98. The Labute approximate surface area is 150 Å². The van der Waals surface area contributed by atoms with Crippen LogP contribution in [-0.4, -0.2) is 76.0 Å². The molecular formula is C19H30N4O2. The molecule has 1 aromatic carbocycles. The molecule has 1 saturated heterocycles. The van der Waals surface area contributed by atoms with Gasteiger partial charge in [0, 0.05) is 33.2 Å². The molecule has 0 aliphatic carbocycles. The van der Waals surface area contributed by atoms with Gasteiger partial charge in [-0.05, 0) is 33.0 Å². The van der Waals surface area contributed by atoms with E-state index in [0.717, 1.165) is 36.5 Å². The molecule has 1 aliphatic heterocycles. The van der Waals surface area contributed by atoms with E-state index in [2.05, 4.69) is 34.3 Å². The predicted octanol–water partition coefficient (Wildman–Crippen LogP) is 1.48. The van der Waals surface area contributed by atoms with Gasteiger partial charge in [0.2, 0.25) is 0 Å². The summed E-state index contributed by atoms with van der Waals surface area (Å²) in [4.78, 5) is 9.14. The second kappa shape index (κ2) is 7.83. The Morgan fingerprint density at radius 2 is 1.96 bits per heavy atom. The number of hydrogen-bond acceptors (Lipinski definition) is 5. The first kappa shape index (κ1) is 18.3. The summed E-state index contributed by atoms with van der Waals surface area (Å²) in [5, 5.41) is 10.5. The molecule has 2 aromatic rings. The van der Waals surface area contributed by atoms with Crippen molar-refractivity contribution in [3.8, 4) is 0 Å². The standard InChI is InChI=1S/C19H30N4O2/c1-14-9-23(10-15(2)25-14)12-16(24)11-21(3)13-19-20-17-7-5-6-8-18(17)22(19)4/h5-8,14-16,24H,9-13H2,1-4H3. The Hall–Kier alpha value is -1.47. The number of ether oxygens (including phenoxy) is 1. The highest BCUT2D eigenvalue weighted by Gasteiger charge is 2.24. The summed E-state index contributed by atoms with van der Waals surface area (Å²) < 4.78 is 7.88. The van der Waals surface area contributed by atoms with Crippen molar-refractivity contribution < 1.29 is 9.84 Å². The van der Waals surface area contributed by atoms with Crippen LogP contribution in [0.1, 0.15) is 19.7 Å². The number of hydrogen-bond donors (Lipinski definition) is 1. The Bertz CT molecular complexity index is 692. The third kappa shape index (κ3) is 4.58. The quantitative estimate of drug-likeness (QED) is 0.859. The Morgan fingerprint density at radius 1 is 1.28 bits per heavy atom. The van der Waals surface area contributed by atoms with Crippen LogP contribution in [0.4, 0.5) is 0 Å². The van der Waals surface area contributed by atoms with E-state index in [9.17, 15) is 5.11 Å². The summed E-state index contributed by atoms with van der Waals surface area (Å²) in [5.74, 6) is 1.02. The van der Waals surface area contributed by atoms with Crippen LogP contribution >= 0.6 is 0 Å². The fourth-order valence-electron chi connectivity index (χ4n) is 3.79. The molecule has 0 saturated carbocycles. The molecule has 1 aromatic heterocycles. The molecule has 0 spiro atoms. The Morgan fingerprint density at radius 3 is 2.64 bits per heavy atom. The van der Waals surface area contributed by atoms with Crippen molar-refractivity contribution in [3.63, 3.8) is 0 Å². The van der Waals surface area contributed by atoms with Crippen LogP contribution in [0.3, 0.4) is 0 Å². The number of aryl methyl sites for hydroxylation is 1. The predicted molar refractivity (Wildman–Crippen MR) is 99.5 cm³/mol. The zero-order valence-electron chi connectivity index (χ0n) is 15.7. The summed E-state index contributed by atoms with van der Waals surface area (Å²) in [5.41, 5.74) is 2.16. The summed E-state index contributed by atoms with van der Waals surface area (Å²) in [6, 6.07) is 8.17. The minimum atomic E-state index is -0.378. The normalized spacial score (nSPS) is 23.4. The van der Waals surface area contributed by atoms with Gasteiger partial charge in [-0.3, -0.25) is 9.80 Å². The van der Waals surface area contributed by atoms with Crippen LogP contribution in [0, 0.1) is 0 Å². The Balaban J connectivity index is 1.54. The second-order valence-corrected chi connectivity index (χ2v) is 7.40. The number of aromatic nitrogens is 2. The lowest BCUT2D eigenvalue weighted by molar-refractivity contribution is -0.0777. The smallest absolute Gasteiger partial charge is 0.123 e. The third-order valence-corrected chi connectivity index (χ3v) is 4.78. The zero-order valence-corrected chi connectivity index (χ0v) is 15.7. The van der Waals surface area contributed by atoms with E-state index in [1.54, 1.807) is 0 Å². The van der Waals surface area contributed by atoms with E-state index in [0.29, 0.717) is 13.1 Å². The third-order valence-electron chi connectivity index (χ3n) is 4.78. The SMILES string of the molecule is CC1CN(CC(O)CN(C)Cc2nc3ccccc3n2C)CC(C)O1. The molecule has 0 radical (unpaired) electrons. The Kier molecular flexibility index (Phi) is 5.74. The molecule has 6 nitrogen and oxygen atoms in total. The van der Waals surface area contributed by atoms with Gasteiger partial charge in [0.25, 0.3) is 0 Å². The highest BCUT2D eigenvalue weighted by molar-refractivity contribution is 5.75. The van der Waals surface area contributed by atoms with Crippen LogP contribution in [0.25, 0.3) is 11.0 Å². The summed E-state index contributed by atoms with van der Waals surface area (Å²) in [6.07, 6.45) is 0.0829. The van der Waals surface area contributed by atoms with Gasteiger partial charge in [0.1, 0.15) is 5.82 Å². The van der Waals surface area contributed by atoms with Gasteiger partial charge in [-0.25, -0.2) is 4.98 Å². The van der Waals surface area contributed by atoms with Gasteiger partial charge in [-0.15, -0.1) is 0 Å². The zero-order chi connectivity index (χ0) is 18.0. The number of imidazole rings is 1. The number of likely N-dealkylation sites (N-methyl/N-ethyl adjacent to an activating group) is 1. The summed E-state index contributed by atoms with van der Waals surface area (Å²) in [7, 11) is 4.08. The van der Waals surface area contributed by atoms with Crippen molar-refractivity contribution in [2.75, 3.05) is 33.2 Å². The molecular weight excluding hydrogens is 316 g/mol. The van der Waals surface area contributed by atoms with Crippen LogP contribution in [0.2, 0.25) is 0 Å². The first-order valence-electron chi connectivity index (χ1n) is 9.07. The van der Waals surface area contributed by atoms with E-state index in [-0.39, 0.29) is 18.3 Å². The molecule has 1 fully saturated rings. The van der Waals surface area contributed by atoms with Crippen LogP contribution in [0.5, 0.6) is 0 Å². The molecule has 0 amide bonds. The number of benzene rings is 1. The lowest BCUT2D eigenvalue weighted by Crippen LogP contribution is -2.49. The van der Waals surface area contributed by atoms with E-state index >= 15 is 0 Å². The van der Waals surface area contributed by atoms with E-state index in [1.165, 1.54) is 0 Å². The molecule has 138 valence electrons. The van der Waals surface area contributed by atoms with Gasteiger partial charge < -0.3 is 14.4 Å². The first-order chi connectivity index (χ1) is 11.9. The molecule has 1 N–H and O–H groups in total. The summed E-state index contributed by atoms with van der Waals surface area (Å²) >= 11 is 0. The molecule has 3 atom stereocenters. The van der Waals surface area contributed by atoms with Crippen LogP contribution < -0.4 is 0 Å². The maximum atomic E-state index is 10.5. The number of para-hydroxylation sites is 2. The molecule has 2 heterocycles. The number of rotatable bonds is 6. The minimum absolute atomic E-state index is 0.230. The lowest BCUT2D eigenvalue weighted by atomic mass is 10.2.